The number of hydrazine groups is 1. The van der Waals surface area contributed by atoms with Gasteiger partial charge in [0, 0.05) is 49.9 Å². The molecule has 0 radical (unpaired) electrons. The number of rotatable bonds is 3. The molecule has 5 aliphatic heterocycles. The first kappa shape index (κ1) is 20.7. The average Bonchev–Trinajstić information content (AvgIpc) is 2.96. The van der Waals surface area contributed by atoms with Crippen molar-refractivity contribution in [3.63, 3.8) is 0 Å². The molecule has 5 heterocycles. The van der Waals surface area contributed by atoms with Gasteiger partial charge in [0.05, 0.1) is 18.6 Å². The topological polar surface area (TPSA) is 48.1 Å². The van der Waals surface area contributed by atoms with Crippen LogP contribution in [0.15, 0.2) is 24.3 Å². The first-order valence-electron chi connectivity index (χ1n) is 12.5. The molecule has 172 valence electrons. The standard InChI is InChI=1S/C26H36N4O2/c1-16(2)30(29-12-17-7-8-20(14-29)32-15-17)26(31)19-9-22-21-5-4-6-23-25(21)18(11-27-23)10-24(22)28(3)13-19/h4-6,9,16-20,24,27H,7-8,10-15H2,1-3H3/t17?,18?,19-,20+,24-/m1/s1. The summed E-state index contributed by atoms with van der Waals surface area (Å²) in [5.41, 5.74) is 5.47. The first-order valence-corrected chi connectivity index (χ1v) is 12.5. The summed E-state index contributed by atoms with van der Waals surface area (Å²) in [7, 11) is 2.20. The van der Waals surface area contributed by atoms with Gasteiger partial charge in [-0.25, -0.2) is 5.01 Å². The largest absolute Gasteiger partial charge is 0.384 e. The maximum Gasteiger partial charge on any atom is 0.245 e. The number of likely N-dealkylation sites (N-methyl/N-ethyl adjacent to an activating group) is 1. The molecular formula is C26H36N4O2. The predicted octanol–water partition coefficient (Wildman–Crippen LogP) is 3.18. The van der Waals surface area contributed by atoms with Gasteiger partial charge in [-0.2, -0.15) is 0 Å². The first-order chi connectivity index (χ1) is 15.5. The smallest absolute Gasteiger partial charge is 0.245 e. The lowest BCUT2D eigenvalue weighted by Gasteiger charge is -2.44. The molecule has 5 atom stereocenters. The summed E-state index contributed by atoms with van der Waals surface area (Å²) in [4.78, 5) is 16.5. The summed E-state index contributed by atoms with van der Waals surface area (Å²) in [5, 5.41) is 7.98. The highest BCUT2D eigenvalue weighted by Gasteiger charge is 2.43. The number of anilines is 1. The van der Waals surface area contributed by atoms with Crippen LogP contribution < -0.4 is 5.32 Å². The summed E-state index contributed by atoms with van der Waals surface area (Å²) in [6.45, 7) is 8.73. The lowest BCUT2D eigenvalue weighted by molar-refractivity contribution is -0.159. The van der Waals surface area contributed by atoms with Gasteiger partial charge in [-0.1, -0.05) is 18.2 Å². The van der Waals surface area contributed by atoms with Gasteiger partial charge in [0.1, 0.15) is 0 Å². The van der Waals surface area contributed by atoms with E-state index in [4.69, 9.17) is 4.74 Å². The van der Waals surface area contributed by atoms with Gasteiger partial charge in [0.25, 0.3) is 0 Å². The van der Waals surface area contributed by atoms with Crippen molar-refractivity contribution in [3.8, 4) is 0 Å². The molecule has 32 heavy (non-hydrogen) atoms. The Morgan fingerprint density at radius 1 is 1.22 bits per heavy atom. The van der Waals surface area contributed by atoms with Crippen LogP contribution in [-0.4, -0.2) is 78.8 Å². The van der Waals surface area contributed by atoms with Gasteiger partial charge < -0.3 is 10.1 Å². The van der Waals surface area contributed by atoms with E-state index in [0.717, 1.165) is 45.6 Å². The Bertz CT molecular complexity index is 922. The minimum absolute atomic E-state index is 0.114. The Morgan fingerprint density at radius 2 is 2.09 bits per heavy atom. The molecule has 6 nitrogen and oxygen atoms in total. The van der Waals surface area contributed by atoms with Crippen LogP contribution in [0.1, 0.15) is 50.2 Å². The van der Waals surface area contributed by atoms with E-state index in [0.29, 0.717) is 17.9 Å². The third kappa shape index (κ3) is 3.30. The highest BCUT2D eigenvalue weighted by molar-refractivity contribution is 5.87. The Morgan fingerprint density at radius 3 is 2.88 bits per heavy atom. The maximum atomic E-state index is 14.0. The predicted molar refractivity (Wildman–Crippen MR) is 126 cm³/mol. The van der Waals surface area contributed by atoms with Gasteiger partial charge in [-0.3, -0.25) is 14.7 Å². The number of hydrogen-bond acceptors (Lipinski definition) is 5. The molecule has 6 heteroatoms. The fraction of sp³-hybridized carbons (Fsp3) is 0.654. The zero-order valence-corrected chi connectivity index (χ0v) is 19.6. The van der Waals surface area contributed by atoms with Crippen LogP contribution in [0, 0.1) is 11.8 Å². The van der Waals surface area contributed by atoms with Gasteiger partial charge >= 0.3 is 0 Å². The molecule has 1 aromatic rings. The van der Waals surface area contributed by atoms with Gasteiger partial charge in [-0.15, -0.1) is 0 Å². The second-order valence-corrected chi connectivity index (χ2v) is 10.8. The zero-order chi connectivity index (χ0) is 22.0. The highest BCUT2D eigenvalue weighted by Crippen LogP contribution is 2.48. The SMILES string of the molecule is CC(C)N(C(=O)[C@@H]1C=C2c3cccc4c3C(CN4)C[C@H]2N(C)C1)N1CC2CC[C@@H](C1)OC2. The minimum Gasteiger partial charge on any atom is -0.384 e. The third-order valence-electron chi connectivity index (χ3n) is 8.31. The molecule has 1 aliphatic carbocycles. The lowest BCUT2D eigenvalue weighted by Crippen LogP contribution is -2.56. The molecule has 0 saturated carbocycles. The van der Waals surface area contributed by atoms with Crippen molar-refractivity contribution < 1.29 is 9.53 Å². The van der Waals surface area contributed by atoms with Crippen LogP contribution in [0.25, 0.3) is 5.57 Å². The molecule has 0 aromatic heterocycles. The number of ether oxygens (including phenoxy) is 1. The zero-order valence-electron chi connectivity index (χ0n) is 19.6. The third-order valence-corrected chi connectivity index (χ3v) is 8.31. The Hall–Kier alpha value is -1.89. The fourth-order valence-electron chi connectivity index (χ4n) is 6.82. The molecule has 0 spiro atoms. The van der Waals surface area contributed by atoms with Crippen molar-refractivity contribution >= 4 is 17.2 Å². The number of carbonyl (C=O) groups is 1. The number of benzene rings is 1. The normalized spacial score (nSPS) is 33.9. The summed E-state index contributed by atoms with van der Waals surface area (Å²) in [5.74, 6) is 1.25. The van der Waals surface area contributed by atoms with Gasteiger partial charge in [-0.05, 0) is 68.8 Å². The van der Waals surface area contributed by atoms with Crippen molar-refractivity contribution in [1.29, 1.82) is 0 Å². The van der Waals surface area contributed by atoms with Gasteiger partial charge in [0.15, 0.2) is 0 Å². The van der Waals surface area contributed by atoms with Crippen molar-refractivity contribution in [3.05, 3.63) is 35.4 Å². The molecule has 2 unspecified atom stereocenters. The van der Waals surface area contributed by atoms with Crippen molar-refractivity contribution in [2.24, 2.45) is 11.8 Å². The van der Waals surface area contributed by atoms with E-state index in [1.807, 2.05) is 0 Å². The highest BCUT2D eigenvalue weighted by atomic mass is 16.5. The van der Waals surface area contributed by atoms with Crippen LogP contribution in [0.2, 0.25) is 0 Å². The van der Waals surface area contributed by atoms with Crippen molar-refractivity contribution in [1.82, 2.24) is 14.9 Å². The second kappa shape index (κ2) is 7.86. The van der Waals surface area contributed by atoms with Crippen LogP contribution in [0.4, 0.5) is 5.69 Å². The number of amides is 1. The summed E-state index contributed by atoms with van der Waals surface area (Å²) in [6.07, 6.45) is 6.05. The molecular weight excluding hydrogens is 400 g/mol. The monoisotopic (exact) mass is 436 g/mol. The van der Waals surface area contributed by atoms with E-state index >= 15 is 0 Å². The molecule has 3 saturated heterocycles. The Labute approximate surface area is 191 Å². The van der Waals surface area contributed by atoms with Crippen LogP contribution in [0.5, 0.6) is 0 Å². The fourth-order valence-corrected chi connectivity index (χ4v) is 6.82. The van der Waals surface area contributed by atoms with Crippen LogP contribution in [-0.2, 0) is 9.53 Å². The molecule has 1 aromatic carbocycles. The van der Waals surface area contributed by atoms with E-state index in [1.165, 1.54) is 28.8 Å². The van der Waals surface area contributed by atoms with E-state index < -0.39 is 0 Å². The second-order valence-electron chi connectivity index (χ2n) is 10.8. The number of carbonyl (C=O) groups excluding carboxylic acids is 1. The Balaban J connectivity index is 1.33. The minimum atomic E-state index is -0.114. The average molecular weight is 437 g/mol. The van der Waals surface area contributed by atoms with Crippen LogP contribution >= 0.6 is 0 Å². The molecule has 2 bridgehead atoms. The number of nitrogens with zero attached hydrogens (tertiary/aromatic N) is 3. The molecule has 1 amide bonds. The molecule has 1 N–H and O–H groups in total. The summed E-state index contributed by atoms with van der Waals surface area (Å²) < 4.78 is 6.04. The van der Waals surface area contributed by atoms with Crippen molar-refractivity contribution in [2.75, 3.05) is 45.2 Å². The van der Waals surface area contributed by atoms with E-state index in [9.17, 15) is 4.79 Å². The number of hydrogen-bond donors (Lipinski definition) is 1. The van der Waals surface area contributed by atoms with E-state index in [2.05, 4.69) is 65.4 Å². The molecule has 6 aliphatic rings. The maximum absolute atomic E-state index is 14.0. The molecule has 7 rings (SSSR count). The number of nitrogens with one attached hydrogen (secondary N) is 1. The lowest BCUT2D eigenvalue weighted by atomic mass is 9.74. The summed E-state index contributed by atoms with van der Waals surface area (Å²) >= 11 is 0. The number of fused-ring (bicyclic) bond motifs is 6. The van der Waals surface area contributed by atoms with E-state index in [-0.39, 0.29) is 24.0 Å². The molecule has 3 fully saturated rings. The quantitative estimate of drug-likeness (QED) is 0.789. The van der Waals surface area contributed by atoms with E-state index in [1.54, 1.807) is 0 Å². The Kier molecular flexibility index (Phi) is 5.08. The summed E-state index contributed by atoms with van der Waals surface area (Å²) in [6, 6.07) is 7.17. The van der Waals surface area contributed by atoms with Gasteiger partial charge in [0.2, 0.25) is 5.91 Å². The van der Waals surface area contributed by atoms with Crippen LogP contribution in [0.3, 0.4) is 0 Å². The van der Waals surface area contributed by atoms with Crippen molar-refractivity contribution in [2.45, 2.75) is 57.2 Å².